The monoisotopic (exact) mass is 512 g/mol. The fourth-order valence-corrected chi connectivity index (χ4v) is 4.36. The van der Waals surface area contributed by atoms with E-state index in [1.54, 1.807) is 36.4 Å². The highest BCUT2D eigenvalue weighted by atomic mass is 32.1. The first kappa shape index (κ1) is 23.8. The summed E-state index contributed by atoms with van der Waals surface area (Å²) in [5, 5.41) is 16.6. The lowest BCUT2D eigenvalue weighted by molar-refractivity contribution is -0.384. The van der Waals surface area contributed by atoms with Gasteiger partial charge in [0.1, 0.15) is 17.3 Å². The molecule has 0 saturated heterocycles. The van der Waals surface area contributed by atoms with Gasteiger partial charge >= 0.3 is 0 Å². The first-order valence-corrected chi connectivity index (χ1v) is 11.8. The average Bonchev–Trinajstić information content (AvgIpc) is 3.32. The highest BCUT2D eigenvalue weighted by Gasteiger charge is 2.22. The molecule has 10 heteroatoms. The Kier molecular flexibility index (Phi) is 6.64. The molecule has 0 N–H and O–H groups in total. The number of amides is 1. The average molecular weight is 513 g/mol. The number of halogens is 1. The molecule has 0 bridgehead atoms. The van der Waals surface area contributed by atoms with E-state index >= 15 is 0 Å². The molecular weight excluding hydrogens is 495 g/mol. The number of aromatic nitrogens is 1. The van der Waals surface area contributed by atoms with Crippen LogP contribution in [0, 0.1) is 15.9 Å². The van der Waals surface area contributed by atoms with Crippen LogP contribution in [-0.2, 0) is 0 Å². The third-order valence-electron chi connectivity index (χ3n) is 5.20. The van der Waals surface area contributed by atoms with Crippen LogP contribution in [0.5, 0.6) is 11.5 Å². The van der Waals surface area contributed by atoms with Crippen molar-refractivity contribution in [3.8, 4) is 11.5 Å². The van der Waals surface area contributed by atoms with Crippen LogP contribution in [0.1, 0.15) is 15.9 Å². The minimum Gasteiger partial charge on any atom is -0.457 e. The number of nitro groups is 1. The Balaban J connectivity index is 1.50. The van der Waals surface area contributed by atoms with E-state index in [0.717, 1.165) is 16.3 Å². The van der Waals surface area contributed by atoms with Crippen molar-refractivity contribution in [2.24, 2.45) is 5.10 Å². The molecule has 0 radical (unpaired) electrons. The van der Waals surface area contributed by atoms with Crippen molar-refractivity contribution in [3.05, 3.63) is 124 Å². The standard InChI is InChI=1S/C27H17FN4O4S/c28-20-11-14-24-25(16-20)37-27(30-24)31(29-17-18-9-12-21(13-10-18)32(34)35)26(33)19-5-4-8-23(15-19)36-22-6-2-1-3-7-22/h1-17H/b29-17+. The van der Waals surface area contributed by atoms with Gasteiger partial charge in [-0.05, 0) is 66.2 Å². The second-order valence-corrected chi connectivity index (χ2v) is 8.77. The number of fused-ring (bicyclic) bond motifs is 1. The highest BCUT2D eigenvalue weighted by Crippen LogP contribution is 2.31. The molecule has 0 spiro atoms. The molecule has 8 nitrogen and oxygen atoms in total. The fraction of sp³-hybridized carbons (Fsp3) is 0. The van der Waals surface area contributed by atoms with Gasteiger partial charge in [-0.15, -0.1) is 0 Å². The summed E-state index contributed by atoms with van der Waals surface area (Å²) in [6, 6.07) is 25.7. The Morgan fingerprint density at radius 3 is 2.49 bits per heavy atom. The number of hydrogen-bond acceptors (Lipinski definition) is 7. The molecule has 0 unspecified atom stereocenters. The van der Waals surface area contributed by atoms with E-state index in [-0.39, 0.29) is 10.8 Å². The molecular formula is C27H17FN4O4S. The number of benzene rings is 4. The molecule has 0 saturated carbocycles. The van der Waals surface area contributed by atoms with Crippen molar-refractivity contribution in [1.82, 2.24) is 4.98 Å². The number of thiazole rings is 1. The van der Waals surface area contributed by atoms with Crippen molar-refractivity contribution < 1.29 is 18.8 Å². The zero-order valence-corrected chi connectivity index (χ0v) is 19.8. The Morgan fingerprint density at radius 2 is 1.73 bits per heavy atom. The molecule has 0 aliphatic carbocycles. The van der Waals surface area contributed by atoms with Gasteiger partial charge in [-0.3, -0.25) is 14.9 Å². The predicted molar refractivity (Wildman–Crippen MR) is 140 cm³/mol. The zero-order valence-electron chi connectivity index (χ0n) is 19.0. The third kappa shape index (κ3) is 5.49. The van der Waals surface area contributed by atoms with Gasteiger partial charge in [0.25, 0.3) is 11.6 Å². The molecule has 1 heterocycles. The van der Waals surface area contributed by atoms with Gasteiger partial charge in [0.15, 0.2) is 0 Å². The number of nitro benzene ring substituents is 1. The Morgan fingerprint density at radius 1 is 0.973 bits per heavy atom. The number of para-hydroxylation sites is 1. The van der Waals surface area contributed by atoms with Gasteiger partial charge in [0.2, 0.25) is 5.13 Å². The third-order valence-corrected chi connectivity index (χ3v) is 6.19. The van der Waals surface area contributed by atoms with Crippen LogP contribution < -0.4 is 9.75 Å². The van der Waals surface area contributed by atoms with Crippen LogP contribution in [0.15, 0.2) is 102 Å². The van der Waals surface area contributed by atoms with E-state index in [9.17, 15) is 19.3 Å². The zero-order chi connectivity index (χ0) is 25.8. The lowest BCUT2D eigenvalue weighted by Crippen LogP contribution is -2.25. The second kappa shape index (κ2) is 10.3. The maximum Gasteiger partial charge on any atom is 0.280 e. The molecule has 0 atom stereocenters. The van der Waals surface area contributed by atoms with E-state index < -0.39 is 16.6 Å². The maximum absolute atomic E-state index is 13.8. The van der Waals surface area contributed by atoms with Crippen LogP contribution in [0.4, 0.5) is 15.2 Å². The van der Waals surface area contributed by atoms with Crippen LogP contribution in [0.3, 0.4) is 0 Å². The van der Waals surface area contributed by atoms with E-state index in [4.69, 9.17) is 4.74 Å². The largest absolute Gasteiger partial charge is 0.457 e. The first-order valence-electron chi connectivity index (χ1n) is 11.0. The highest BCUT2D eigenvalue weighted by molar-refractivity contribution is 7.22. The smallest absolute Gasteiger partial charge is 0.280 e. The predicted octanol–water partition coefficient (Wildman–Crippen LogP) is 6.82. The number of hydrogen-bond donors (Lipinski definition) is 0. The number of non-ortho nitro benzene ring substituents is 1. The molecule has 5 aromatic rings. The van der Waals surface area contributed by atoms with E-state index in [1.165, 1.54) is 48.7 Å². The van der Waals surface area contributed by atoms with E-state index in [2.05, 4.69) is 10.1 Å². The van der Waals surface area contributed by atoms with Gasteiger partial charge in [-0.1, -0.05) is 35.6 Å². The number of hydrazone groups is 1. The second-order valence-electron chi connectivity index (χ2n) is 7.76. The molecule has 4 aromatic carbocycles. The Labute approximate surface area is 214 Å². The number of carbonyl (C=O) groups excluding carboxylic acids is 1. The SMILES string of the molecule is O=C(c1cccc(Oc2ccccc2)c1)N(/N=C/c1ccc([N+](=O)[O-])cc1)c1nc2ccc(F)cc2s1. The molecule has 5 rings (SSSR count). The van der Waals surface area contributed by atoms with Gasteiger partial charge in [0.05, 0.1) is 21.4 Å². The topological polar surface area (TPSA) is 97.9 Å². The number of nitrogens with zero attached hydrogens (tertiary/aromatic N) is 4. The quantitative estimate of drug-likeness (QED) is 0.135. The van der Waals surface area contributed by atoms with Gasteiger partial charge in [0, 0.05) is 17.7 Å². The normalized spacial score (nSPS) is 11.1. The molecule has 0 fully saturated rings. The van der Waals surface area contributed by atoms with Gasteiger partial charge < -0.3 is 4.74 Å². The maximum atomic E-state index is 13.8. The molecule has 0 aliphatic heterocycles. The van der Waals surface area contributed by atoms with Gasteiger partial charge in [-0.25, -0.2) is 9.37 Å². The van der Waals surface area contributed by atoms with Crippen LogP contribution in [0.25, 0.3) is 10.2 Å². The Hall–Kier alpha value is -4.96. The lowest BCUT2D eigenvalue weighted by atomic mass is 10.2. The first-order chi connectivity index (χ1) is 18.0. The summed E-state index contributed by atoms with van der Waals surface area (Å²) in [6.07, 6.45) is 1.40. The summed E-state index contributed by atoms with van der Waals surface area (Å²) in [4.78, 5) is 28.5. The summed E-state index contributed by atoms with van der Waals surface area (Å²) < 4.78 is 20.2. The van der Waals surface area contributed by atoms with Crippen molar-refractivity contribution in [3.63, 3.8) is 0 Å². The van der Waals surface area contributed by atoms with Crippen molar-refractivity contribution in [2.45, 2.75) is 0 Å². The molecule has 182 valence electrons. The minimum absolute atomic E-state index is 0.0616. The summed E-state index contributed by atoms with van der Waals surface area (Å²) in [6.45, 7) is 0. The minimum atomic E-state index is -0.499. The molecule has 0 aliphatic rings. The van der Waals surface area contributed by atoms with Crippen molar-refractivity contribution in [2.75, 3.05) is 5.01 Å². The Bertz CT molecular complexity index is 1620. The summed E-state index contributed by atoms with van der Waals surface area (Å²) in [5.41, 5.74) is 1.29. The number of anilines is 1. The van der Waals surface area contributed by atoms with Crippen LogP contribution in [-0.4, -0.2) is 22.0 Å². The van der Waals surface area contributed by atoms with Crippen molar-refractivity contribution >= 4 is 44.5 Å². The van der Waals surface area contributed by atoms with Crippen LogP contribution >= 0.6 is 11.3 Å². The van der Waals surface area contributed by atoms with E-state index in [0.29, 0.717) is 32.8 Å². The number of rotatable bonds is 7. The summed E-state index contributed by atoms with van der Waals surface area (Å²) in [5.74, 6) is 0.174. The van der Waals surface area contributed by atoms with Gasteiger partial charge in [-0.2, -0.15) is 10.1 Å². The fourth-order valence-electron chi connectivity index (χ4n) is 3.41. The van der Waals surface area contributed by atoms with Crippen molar-refractivity contribution in [1.29, 1.82) is 0 Å². The molecule has 1 aromatic heterocycles. The summed E-state index contributed by atoms with van der Waals surface area (Å²) in [7, 11) is 0. The number of carbonyl (C=O) groups is 1. The summed E-state index contributed by atoms with van der Waals surface area (Å²) >= 11 is 1.11. The van der Waals surface area contributed by atoms with Crippen LogP contribution in [0.2, 0.25) is 0 Å². The molecule has 1 amide bonds. The number of ether oxygens (including phenoxy) is 1. The molecule has 37 heavy (non-hydrogen) atoms. The van der Waals surface area contributed by atoms with E-state index in [1.807, 2.05) is 18.2 Å². The lowest BCUT2D eigenvalue weighted by Gasteiger charge is -2.14.